The molecule has 0 amide bonds. The zero-order valence-electron chi connectivity index (χ0n) is 14.9. The summed E-state index contributed by atoms with van der Waals surface area (Å²) in [7, 11) is 1.57. The molecule has 0 N–H and O–H groups in total. The Morgan fingerprint density at radius 2 is 1.76 bits per heavy atom. The average Bonchev–Trinajstić information content (AvgIpc) is 2.95. The monoisotopic (exact) mass is 368 g/mol. The van der Waals surface area contributed by atoms with E-state index in [0.717, 1.165) is 0 Å². The van der Waals surface area contributed by atoms with Gasteiger partial charge in [0.15, 0.2) is 11.4 Å². The first-order chi connectivity index (χ1) is 11.8. The number of carbonyl (C=O) groups excluding carboxylic acids is 1. The lowest BCUT2D eigenvalue weighted by atomic mass is 9.96. The highest BCUT2D eigenvalue weighted by atomic mass is 32.2. The fourth-order valence-electron chi connectivity index (χ4n) is 3.43. The van der Waals surface area contributed by atoms with Crippen LogP contribution in [0.4, 0.5) is 0 Å². The predicted molar refractivity (Wildman–Crippen MR) is 91.5 cm³/mol. The first-order valence-corrected chi connectivity index (χ1v) is 9.46. The molecule has 25 heavy (non-hydrogen) atoms. The molecule has 1 aromatic rings. The van der Waals surface area contributed by atoms with E-state index < -0.39 is 33.2 Å². The normalized spacial score (nSPS) is 39.7. The molecule has 0 bridgehead atoms. The predicted octanol–water partition coefficient (Wildman–Crippen LogP) is 2.04. The van der Waals surface area contributed by atoms with Gasteiger partial charge in [-0.05, 0) is 38.8 Å². The summed E-state index contributed by atoms with van der Waals surface area (Å²) in [5, 5.41) is -0.612. The van der Waals surface area contributed by atoms with E-state index in [0.29, 0.717) is 17.7 Å². The Balaban J connectivity index is 1.85. The maximum atomic E-state index is 13.1. The number of hydrogen-bond donors (Lipinski definition) is 0. The van der Waals surface area contributed by atoms with Crippen LogP contribution in [0.25, 0.3) is 0 Å². The fourth-order valence-corrected chi connectivity index (χ4v) is 4.93. The average molecular weight is 368 g/mol. The summed E-state index contributed by atoms with van der Waals surface area (Å²) >= 11 is 0. The highest BCUT2D eigenvalue weighted by Gasteiger charge is 2.63. The molecule has 1 aromatic carbocycles. The van der Waals surface area contributed by atoms with Crippen LogP contribution in [-0.4, -0.2) is 53.2 Å². The van der Waals surface area contributed by atoms with Crippen LogP contribution < -0.4 is 0 Å². The number of ketones is 1. The van der Waals surface area contributed by atoms with Crippen LogP contribution in [0.3, 0.4) is 0 Å². The van der Waals surface area contributed by atoms with Gasteiger partial charge >= 0.3 is 0 Å². The van der Waals surface area contributed by atoms with E-state index in [1.54, 1.807) is 26.0 Å². The second-order valence-electron chi connectivity index (χ2n) is 6.69. The minimum absolute atomic E-state index is 0.0532. The van der Waals surface area contributed by atoms with Gasteiger partial charge in [0.05, 0.1) is 17.4 Å². The Kier molecular flexibility index (Phi) is 4.89. The molecule has 1 aliphatic heterocycles. The van der Waals surface area contributed by atoms with Crippen LogP contribution in [0.1, 0.15) is 26.7 Å². The molecule has 1 spiro atoms. The van der Waals surface area contributed by atoms with E-state index in [-0.39, 0.29) is 12.4 Å². The Hall–Kier alpha value is -1.12. The molecule has 0 radical (unpaired) electrons. The van der Waals surface area contributed by atoms with Gasteiger partial charge in [-0.15, -0.1) is 0 Å². The molecule has 1 saturated heterocycles. The standard InChI is InChI=1S/C18H24O6S/c1-16(21-3)17(2,22-4)24-18(12-23-16)11-10-14(15(18)19)25(20)13-8-6-5-7-9-13/h5-9,14H,10-12H2,1-4H3/t14?,16-,17-,18+,25?/m1/s1. The van der Waals surface area contributed by atoms with Gasteiger partial charge in [-0.1, -0.05) is 18.2 Å². The number of ether oxygens (including phenoxy) is 4. The van der Waals surface area contributed by atoms with Gasteiger partial charge < -0.3 is 18.9 Å². The van der Waals surface area contributed by atoms with Crippen molar-refractivity contribution in [2.75, 3.05) is 20.8 Å². The van der Waals surface area contributed by atoms with E-state index >= 15 is 0 Å². The maximum absolute atomic E-state index is 13.1. The highest BCUT2D eigenvalue weighted by molar-refractivity contribution is 7.86. The third kappa shape index (κ3) is 2.88. The van der Waals surface area contributed by atoms with Gasteiger partial charge in [0.2, 0.25) is 11.6 Å². The van der Waals surface area contributed by atoms with Crippen molar-refractivity contribution in [1.82, 2.24) is 0 Å². The van der Waals surface area contributed by atoms with E-state index in [4.69, 9.17) is 18.9 Å². The second-order valence-corrected chi connectivity index (χ2v) is 8.32. The first-order valence-electron chi connectivity index (χ1n) is 8.25. The van der Waals surface area contributed by atoms with E-state index in [2.05, 4.69) is 0 Å². The quantitative estimate of drug-likeness (QED) is 0.810. The summed E-state index contributed by atoms with van der Waals surface area (Å²) in [5.41, 5.74) is -1.15. The largest absolute Gasteiger partial charge is 0.349 e. The summed E-state index contributed by atoms with van der Waals surface area (Å²) in [6.07, 6.45) is 0.918. The molecular formula is C18H24O6S. The lowest BCUT2D eigenvalue weighted by molar-refractivity contribution is -0.443. The lowest BCUT2D eigenvalue weighted by Crippen LogP contribution is -2.67. The first kappa shape index (κ1) is 18.7. The molecule has 6 nitrogen and oxygen atoms in total. The summed E-state index contributed by atoms with van der Waals surface area (Å²) in [6, 6.07) is 9.03. The number of methoxy groups -OCH3 is 2. The zero-order valence-corrected chi connectivity index (χ0v) is 15.8. The van der Waals surface area contributed by atoms with Crippen LogP contribution in [0.2, 0.25) is 0 Å². The molecule has 138 valence electrons. The van der Waals surface area contributed by atoms with Gasteiger partial charge in [0.25, 0.3) is 0 Å². The molecule has 5 atom stereocenters. The molecule has 7 heteroatoms. The Labute approximate surface area is 150 Å². The molecule has 2 unspecified atom stereocenters. The van der Waals surface area contributed by atoms with Crippen molar-refractivity contribution in [1.29, 1.82) is 0 Å². The number of carbonyl (C=O) groups is 1. The van der Waals surface area contributed by atoms with Crippen LogP contribution >= 0.6 is 0 Å². The van der Waals surface area contributed by atoms with Crippen molar-refractivity contribution in [2.45, 2.75) is 54.0 Å². The molecule has 2 aliphatic rings. The van der Waals surface area contributed by atoms with Gasteiger partial charge in [0, 0.05) is 19.1 Å². The molecule has 2 fully saturated rings. The van der Waals surface area contributed by atoms with E-state index in [9.17, 15) is 9.00 Å². The maximum Gasteiger partial charge on any atom is 0.221 e. The SMILES string of the molecule is CO[C@]1(C)OC[C@]2(CCC(S(=O)c3ccccc3)C2=O)O[C@@]1(C)OC. The van der Waals surface area contributed by atoms with Gasteiger partial charge in [-0.25, -0.2) is 0 Å². The summed E-state index contributed by atoms with van der Waals surface area (Å²) in [5.74, 6) is -2.58. The fraction of sp³-hybridized carbons (Fsp3) is 0.611. The zero-order chi connectivity index (χ0) is 18.3. The van der Waals surface area contributed by atoms with E-state index in [1.165, 1.54) is 14.2 Å². The Bertz CT molecular complexity index is 679. The van der Waals surface area contributed by atoms with Gasteiger partial charge in [-0.3, -0.25) is 9.00 Å². The number of benzene rings is 1. The molecule has 1 aliphatic carbocycles. The van der Waals surface area contributed by atoms with Crippen LogP contribution in [0, 0.1) is 0 Å². The number of Topliss-reactive ketones (excluding diaryl/α,β-unsaturated/α-hetero) is 1. The van der Waals surface area contributed by atoms with Crippen LogP contribution in [-0.2, 0) is 34.5 Å². The lowest BCUT2D eigenvalue weighted by Gasteiger charge is -2.52. The van der Waals surface area contributed by atoms with Gasteiger partial charge in [-0.2, -0.15) is 0 Å². The molecule has 3 rings (SSSR count). The highest BCUT2D eigenvalue weighted by Crippen LogP contribution is 2.46. The van der Waals surface area contributed by atoms with Gasteiger partial charge in [0.1, 0.15) is 5.25 Å². The number of hydrogen-bond acceptors (Lipinski definition) is 6. The third-order valence-corrected chi connectivity index (χ3v) is 7.06. The molecule has 0 aromatic heterocycles. The molecule has 1 heterocycles. The van der Waals surface area contributed by atoms with Crippen molar-refractivity contribution in [3.63, 3.8) is 0 Å². The molecular weight excluding hydrogens is 344 g/mol. The van der Waals surface area contributed by atoms with Crippen molar-refractivity contribution in [2.24, 2.45) is 0 Å². The smallest absolute Gasteiger partial charge is 0.221 e. The summed E-state index contributed by atoms with van der Waals surface area (Å²) in [4.78, 5) is 13.8. The minimum atomic E-state index is -1.42. The number of rotatable bonds is 4. The summed E-state index contributed by atoms with van der Waals surface area (Å²) in [6.45, 7) is 3.45. The van der Waals surface area contributed by atoms with Crippen LogP contribution in [0.5, 0.6) is 0 Å². The summed E-state index contributed by atoms with van der Waals surface area (Å²) < 4.78 is 35.8. The molecule has 1 saturated carbocycles. The topological polar surface area (TPSA) is 71.1 Å². The van der Waals surface area contributed by atoms with E-state index in [1.807, 2.05) is 18.2 Å². The van der Waals surface area contributed by atoms with Crippen LogP contribution in [0.15, 0.2) is 35.2 Å². The second kappa shape index (κ2) is 6.55. The van der Waals surface area contributed by atoms with Crippen molar-refractivity contribution in [3.8, 4) is 0 Å². The van der Waals surface area contributed by atoms with Crippen molar-refractivity contribution in [3.05, 3.63) is 30.3 Å². The Morgan fingerprint density at radius 1 is 1.12 bits per heavy atom. The Morgan fingerprint density at radius 3 is 2.36 bits per heavy atom. The minimum Gasteiger partial charge on any atom is -0.349 e. The van der Waals surface area contributed by atoms with Crippen molar-refractivity contribution >= 4 is 16.6 Å². The van der Waals surface area contributed by atoms with Crippen molar-refractivity contribution < 1.29 is 28.0 Å². The third-order valence-electron chi connectivity index (χ3n) is 5.36.